The molecule has 21 heavy (non-hydrogen) atoms. The summed E-state index contributed by atoms with van der Waals surface area (Å²) in [5, 5.41) is 3.82. The van der Waals surface area contributed by atoms with Crippen LogP contribution in [0.4, 0.5) is 11.8 Å². The fourth-order valence-corrected chi connectivity index (χ4v) is 3.59. The van der Waals surface area contributed by atoms with E-state index in [4.69, 9.17) is 22.1 Å². The van der Waals surface area contributed by atoms with Gasteiger partial charge in [0.1, 0.15) is 11.0 Å². The van der Waals surface area contributed by atoms with Crippen LogP contribution in [0, 0.1) is 0 Å². The van der Waals surface area contributed by atoms with Crippen molar-refractivity contribution in [3.8, 4) is 0 Å². The monoisotopic (exact) mass is 310 g/mol. The zero-order valence-corrected chi connectivity index (χ0v) is 13.0. The van der Waals surface area contributed by atoms with Gasteiger partial charge in [0.15, 0.2) is 0 Å². The van der Waals surface area contributed by atoms with Crippen molar-refractivity contribution in [1.29, 1.82) is 0 Å². The molecule has 0 saturated heterocycles. The highest BCUT2D eigenvalue weighted by Gasteiger charge is 2.29. The number of nitrogens with two attached hydrogens (primary N) is 1. The number of hydrogen-bond donors (Lipinski definition) is 2. The summed E-state index contributed by atoms with van der Waals surface area (Å²) in [6.07, 6.45) is 10.4. The molecule has 3 N–H and O–H groups in total. The van der Waals surface area contributed by atoms with E-state index < -0.39 is 0 Å². The summed E-state index contributed by atoms with van der Waals surface area (Å²) in [4.78, 5) is 8.10. The molecule has 1 aromatic rings. The SMILES string of the molecule is Nc1nc(Cl)cc(N[C@H]2CCCC[C@@H]2OC2CCCC2)n1. The van der Waals surface area contributed by atoms with Crippen molar-refractivity contribution in [2.24, 2.45) is 0 Å². The van der Waals surface area contributed by atoms with Gasteiger partial charge in [0, 0.05) is 6.07 Å². The summed E-state index contributed by atoms with van der Waals surface area (Å²) in [6.45, 7) is 0. The minimum Gasteiger partial charge on any atom is -0.373 e. The number of hydrogen-bond acceptors (Lipinski definition) is 5. The van der Waals surface area contributed by atoms with E-state index >= 15 is 0 Å². The number of halogens is 1. The lowest BCUT2D eigenvalue weighted by Gasteiger charge is -2.34. The molecule has 6 heteroatoms. The van der Waals surface area contributed by atoms with E-state index in [-0.39, 0.29) is 18.1 Å². The molecule has 0 radical (unpaired) electrons. The van der Waals surface area contributed by atoms with Crippen molar-refractivity contribution in [2.45, 2.75) is 69.6 Å². The van der Waals surface area contributed by atoms with Crippen molar-refractivity contribution >= 4 is 23.4 Å². The van der Waals surface area contributed by atoms with E-state index in [0.717, 1.165) is 12.8 Å². The molecular formula is C15H23ClN4O. The second-order valence-corrected chi connectivity index (χ2v) is 6.44. The van der Waals surface area contributed by atoms with Crippen LogP contribution < -0.4 is 11.1 Å². The van der Waals surface area contributed by atoms with Gasteiger partial charge < -0.3 is 15.8 Å². The molecule has 2 aliphatic rings. The van der Waals surface area contributed by atoms with Crippen molar-refractivity contribution < 1.29 is 4.74 Å². The van der Waals surface area contributed by atoms with Crippen molar-refractivity contribution in [3.63, 3.8) is 0 Å². The van der Waals surface area contributed by atoms with E-state index in [0.29, 0.717) is 17.1 Å². The Hall–Kier alpha value is -1.07. The third kappa shape index (κ3) is 3.98. The van der Waals surface area contributed by atoms with Crippen molar-refractivity contribution in [1.82, 2.24) is 9.97 Å². The van der Waals surface area contributed by atoms with Crippen molar-refractivity contribution in [3.05, 3.63) is 11.2 Å². The van der Waals surface area contributed by atoms with Crippen LogP contribution in [0.3, 0.4) is 0 Å². The van der Waals surface area contributed by atoms with Crippen molar-refractivity contribution in [2.75, 3.05) is 11.1 Å². The zero-order chi connectivity index (χ0) is 14.7. The summed E-state index contributed by atoms with van der Waals surface area (Å²) in [5.41, 5.74) is 5.65. The van der Waals surface area contributed by atoms with Crippen LogP contribution in [-0.2, 0) is 4.74 Å². The van der Waals surface area contributed by atoms with Gasteiger partial charge in [0.25, 0.3) is 0 Å². The number of nitrogens with zero attached hydrogens (tertiary/aromatic N) is 2. The van der Waals surface area contributed by atoms with Gasteiger partial charge in [-0.3, -0.25) is 0 Å². The first-order valence-electron chi connectivity index (χ1n) is 7.93. The number of nitrogen functional groups attached to an aromatic ring is 1. The van der Waals surface area contributed by atoms with Gasteiger partial charge in [0.05, 0.1) is 18.2 Å². The number of nitrogens with one attached hydrogen (secondary N) is 1. The topological polar surface area (TPSA) is 73.1 Å². The Morgan fingerprint density at radius 3 is 2.57 bits per heavy atom. The van der Waals surface area contributed by atoms with Gasteiger partial charge in [-0.05, 0) is 25.7 Å². The molecule has 0 amide bonds. The molecule has 2 saturated carbocycles. The average molecular weight is 311 g/mol. The predicted octanol–water partition coefficient (Wildman–Crippen LogP) is 3.39. The average Bonchev–Trinajstić information content (AvgIpc) is 2.93. The molecule has 116 valence electrons. The first-order valence-corrected chi connectivity index (χ1v) is 8.30. The Balaban J connectivity index is 1.65. The van der Waals surface area contributed by atoms with Gasteiger partial charge in [-0.25, -0.2) is 4.98 Å². The smallest absolute Gasteiger partial charge is 0.223 e. The zero-order valence-electron chi connectivity index (χ0n) is 12.2. The second kappa shape index (κ2) is 6.79. The molecule has 1 aromatic heterocycles. The van der Waals surface area contributed by atoms with E-state index in [1.54, 1.807) is 6.07 Å². The molecule has 2 aliphatic carbocycles. The lowest BCUT2D eigenvalue weighted by molar-refractivity contribution is -0.0322. The summed E-state index contributed by atoms with van der Waals surface area (Å²) >= 11 is 5.94. The third-order valence-electron chi connectivity index (χ3n) is 4.42. The molecule has 0 bridgehead atoms. The highest BCUT2D eigenvalue weighted by Crippen LogP contribution is 2.29. The van der Waals surface area contributed by atoms with Crippen LogP contribution in [0.5, 0.6) is 0 Å². The second-order valence-electron chi connectivity index (χ2n) is 6.05. The fourth-order valence-electron chi connectivity index (χ4n) is 3.40. The molecule has 2 atom stereocenters. The Morgan fingerprint density at radius 2 is 1.81 bits per heavy atom. The van der Waals surface area contributed by atoms with Gasteiger partial charge in [0.2, 0.25) is 5.95 Å². The van der Waals surface area contributed by atoms with Gasteiger partial charge in [-0.15, -0.1) is 0 Å². The van der Waals surface area contributed by atoms with E-state index in [2.05, 4.69) is 15.3 Å². The maximum absolute atomic E-state index is 6.33. The van der Waals surface area contributed by atoms with Gasteiger partial charge in [-0.2, -0.15) is 4.98 Å². The van der Waals surface area contributed by atoms with E-state index in [9.17, 15) is 0 Å². The Labute approximate surface area is 130 Å². The summed E-state index contributed by atoms with van der Waals surface area (Å²) in [7, 11) is 0. The predicted molar refractivity (Wildman–Crippen MR) is 84.5 cm³/mol. The largest absolute Gasteiger partial charge is 0.373 e. The number of anilines is 2. The quantitative estimate of drug-likeness (QED) is 0.834. The maximum atomic E-state index is 6.33. The Morgan fingerprint density at radius 1 is 1.10 bits per heavy atom. The minimum atomic E-state index is 0.203. The number of aromatic nitrogens is 2. The summed E-state index contributed by atoms with van der Waals surface area (Å²) in [5.74, 6) is 0.897. The molecule has 0 aliphatic heterocycles. The molecule has 5 nitrogen and oxygen atoms in total. The highest BCUT2D eigenvalue weighted by molar-refractivity contribution is 6.29. The Kier molecular flexibility index (Phi) is 4.80. The van der Waals surface area contributed by atoms with Gasteiger partial charge >= 0.3 is 0 Å². The van der Waals surface area contributed by atoms with Crippen LogP contribution in [0.25, 0.3) is 0 Å². The van der Waals surface area contributed by atoms with E-state index in [1.807, 2.05) is 0 Å². The minimum absolute atomic E-state index is 0.203. The molecule has 3 rings (SSSR count). The summed E-state index contributed by atoms with van der Waals surface area (Å²) < 4.78 is 6.33. The lowest BCUT2D eigenvalue weighted by Crippen LogP contribution is -2.40. The first kappa shape index (κ1) is 14.9. The number of rotatable bonds is 4. The highest BCUT2D eigenvalue weighted by atomic mass is 35.5. The molecule has 0 spiro atoms. The van der Waals surface area contributed by atoms with Crippen LogP contribution in [0.2, 0.25) is 5.15 Å². The molecule has 1 heterocycles. The van der Waals surface area contributed by atoms with Crippen LogP contribution >= 0.6 is 11.6 Å². The first-order chi connectivity index (χ1) is 10.2. The molecule has 2 fully saturated rings. The van der Waals surface area contributed by atoms with E-state index in [1.165, 1.54) is 38.5 Å². The fraction of sp³-hybridized carbons (Fsp3) is 0.733. The molecule has 0 unspecified atom stereocenters. The third-order valence-corrected chi connectivity index (χ3v) is 4.61. The molecular weight excluding hydrogens is 288 g/mol. The van der Waals surface area contributed by atoms with Gasteiger partial charge in [-0.1, -0.05) is 37.3 Å². The maximum Gasteiger partial charge on any atom is 0.223 e. The van der Waals surface area contributed by atoms with Crippen LogP contribution in [0.15, 0.2) is 6.07 Å². The van der Waals surface area contributed by atoms with Crippen LogP contribution in [-0.4, -0.2) is 28.2 Å². The van der Waals surface area contributed by atoms with Crippen LogP contribution in [0.1, 0.15) is 51.4 Å². The standard InChI is InChI=1S/C15H23ClN4O/c16-13-9-14(20-15(17)19-13)18-11-7-3-4-8-12(11)21-10-5-1-2-6-10/h9-12H,1-8H2,(H3,17,18,19,20)/t11-,12-/m0/s1. The summed E-state index contributed by atoms with van der Waals surface area (Å²) in [6, 6.07) is 2.00. The lowest BCUT2D eigenvalue weighted by atomic mass is 9.92. The Bertz CT molecular complexity index is 458. The number of ether oxygens (including phenoxy) is 1. The molecule has 0 aromatic carbocycles. The normalized spacial score (nSPS) is 26.9.